The molecule has 150 valence electrons. The van der Waals surface area contributed by atoms with E-state index in [9.17, 15) is 4.79 Å². The Morgan fingerprint density at radius 3 is 2.47 bits per heavy atom. The number of nitrogens with two attached hydrogens (primary N) is 1. The fourth-order valence-electron chi connectivity index (χ4n) is 3.66. The van der Waals surface area contributed by atoms with Crippen molar-refractivity contribution >= 4 is 11.8 Å². The van der Waals surface area contributed by atoms with Crippen molar-refractivity contribution in [2.24, 2.45) is 0 Å². The van der Waals surface area contributed by atoms with Crippen molar-refractivity contribution in [2.75, 3.05) is 18.9 Å². The number of rotatable bonds is 4. The second-order valence-corrected chi connectivity index (χ2v) is 7.23. The first-order valence-corrected chi connectivity index (χ1v) is 9.93. The SMILES string of the molecule is Cc1cc(C#CCCNC(=O)OCC2c3ccccc3-c3ccccc32)ncc1N. The van der Waals surface area contributed by atoms with Crippen molar-refractivity contribution in [1.29, 1.82) is 0 Å². The first-order valence-electron chi connectivity index (χ1n) is 9.93. The Balaban J connectivity index is 1.29. The fraction of sp³-hybridized carbons (Fsp3) is 0.200. The van der Waals surface area contributed by atoms with Crippen LogP contribution in [0.15, 0.2) is 60.8 Å². The molecule has 4 rings (SSSR count). The number of carbonyl (C=O) groups excluding carboxylic acids is 1. The number of hydrogen-bond donors (Lipinski definition) is 2. The van der Waals surface area contributed by atoms with Crippen LogP contribution in [0, 0.1) is 18.8 Å². The maximum Gasteiger partial charge on any atom is 0.407 e. The molecule has 0 unspecified atom stereocenters. The van der Waals surface area contributed by atoms with E-state index in [0.29, 0.717) is 31.0 Å². The number of alkyl carbamates (subject to hydrolysis) is 1. The molecule has 1 aliphatic rings. The highest BCUT2D eigenvalue weighted by molar-refractivity contribution is 5.79. The highest BCUT2D eigenvalue weighted by Gasteiger charge is 2.28. The minimum atomic E-state index is -0.430. The summed E-state index contributed by atoms with van der Waals surface area (Å²) in [5, 5.41) is 2.76. The van der Waals surface area contributed by atoms with Crippen LogP contribution in [0.25, 0.3) is 11.1 Å². The number of carbonyl (C=O) groups is 1. The first-order chi connectivity index (χ1) is 14.6. The smallest absolute Gasteiger partial charge is 0.407 e. The summed E-state index contributed by atoms with van der Waals surface area (Å²) in [5.74, 6) is 6.04. The van der Waals surface area contributed by atoms with E-state index in [4.69, 9.17) is 10.5 Å². The quantitative estimate of drug-likeness (QED) is 0.510. The van der Waals surface area contributed by atoms with Gasteiger partial charge in [-0.25, -0.2) is 9.78 Å². The predicted molar refractivity (Wildman–Crippen MR) is 118 cm³/mol. The molecule has 3 N–H and O–H groups in total. The number of benzene rings is 2. The molecule has 5 nitrogen and oxygen atoms in total. The standard InChI is InChI=1S/C25H23N3O2/c1-17-14-18(28-15-24(17)26)8-6-7-13-27-25(29)30-16-23-21-11-4-2-9-19(21)20-10-3-5-12-22(20)23/h2-5,9-12,14-15,23H,7,13,16,26H2,1H3,(H,27,29). The number of nitrogen functional groups attached to an aromatic ring is 1. The molecule has 0 atom stereocenters. The van der Waals surface area contributed by atoms with Crippen molar-refractivity contribution in [3.8, 4) is 23.0 Å². The molecule has 3 aromatic rings. The van der Waals surface area contributed by atoms with Gasteiger partial charge in [0.15, 0.2) is 0 Å². The third-order valence-corrected chi connectivity index (χ3v) is 5.23. The Kier molecular flexibility index (Phi) is 5.67. The van der Waals surface area contributed by atoms with Crippen molar-refractivity contribution < 1.29 is 9.53 Å². The summed E-state index contributed by atoms with van der Waals surface area (Å²) in [5.41, 5.74) is 12.8. The number of nitrogens with zero attached hydrogens (tertiary/aromatic N) is 1. The topological polar surface area (TPSA) is 77.2 Å². The molecule has 2 aromatic carbocycles. The molecular weight excluding hydrogens is 374 g/mol. The summed E-state index contributed by atoms with van der Waals surface area (Å²) in [6.45, 7) is 2.64. The van der Waals surface area contributed by atoms with E-state index in [1.807, 2.05) is 37.3 Å². The molecule has 5 heteroatoms. The zero-order valence-electron chi connectivity index (χ0n) is 16.8. The summed E-state index contributed by atoms with van der Waals surface area (Å²) in [7, 11) is 0. The van der Waals surface area contributed by atoms with Gasteiger partial charge in [0.05, 0.1) is 11.9 Å². The third kappa shape index (κ3) is 4.13. The molecule has 1 aromatic heterocycles. The normalized spacial score (nSPS) is 11.8. The van der Waals surface area contributed by atoms with E-state index in [1.54, 1.807) is 6.20 Å². The van der Waals surface area contributed by atoms with Crippen molar-refractivity contribution in [3.63, 3.8) is 0 Å². The number of ether oxygens (including phenoxy) is 1. The molecular formula is C25H23N3O2. The van der Waals surface area contributed by atoms with Gasteiger partial charge >= 0.3 is 6.09 Å². The monoisotopic (exact) mass is 397 g/mol. The van der Waals surface area contributed by atoms with E-state index in [0.717, 1.165) is 5.56 Å². The number of aryl methyl sites for hydroxylation is 1. The molecule has 0 fully saturated rings. The third-order valence-electron chi connectivity index (χ3n) is 5.23. The number of amides is 1. The Labute approximate surface area is 176 Å². The number of fused-ring (bicyclic) bond motifs is 3. The van der Waals surface area contributed by atoms with Crippen LogP contribution in [0.3, 0.4) is 0 Å². The number of nitrogens with one attached hydrogen (secondary N) is 1. The maximum atomic E-state index is 12.1. The van der Waals surface area contributed by atoms with Crippen LogP contribution >= 0.6 is 0 Å². The largest absolute Gasteiger partial charge is 0.449 e. The zero-order chi connectivity index (χ0) is 20.9. The Bertz CT molecular complexity index is 1100. The Morgan fingerprint density at radius 1 is 1.13 bits per heavy atom. The van der Waals surface area contributed by atoms with Gasteiger partial charge in [0.25, 0.3) is 0 Å². The second-order valence-electron chi connectivity index (χ2n) is 7.23. The van der Waals surface area contributed by atoms with Crippen LogP contribution in [-0.2, 0) is 4.74 Å². The van der Waals surface area contributed by atoms with Crippen molar-refractivity contribution in [3.05, 3.63) is 83.2 Å². The van der Waals surface area contributed by atoms with E-state index in [2.05, 4.69) is 46.4 Å². The summed E-state index contributed by atoms with van der Waals surface area (Å²) >= 11 is 0. The van der Waals surface area contributed by atoms with Crippen LogP contribution in [0.4, 0.5) is 10.5 Å². The molecule has 1 aliphatic carbocycles. The first kappa shape index (κ1) is 19.5. The average Bonchev–Trinajstić information content (AvgIpc) is 3.08. The van der Waals surface area contributed by atoms with Gasteiger partial charge < -0.3 is 15.8 Å². The van der Waals surface area contributed by atoms with Gasteiger partial charge in [-0.05, 0) is 46.7 Å². The van der Waals surface area contributed by atoms with E-state index in [1.165, 1.54) is 22.3 Å². The lowest BCUT2D eigenvalue weighted by Crippen LogP contribution is -2.26. The molecule has 30 heavy (non-hydrogen) atoms. The molecule has 0 saturated carbocycles. The van der Waals surface area contributed by atoms with Gasteiger partial charge in [-0.1, -0.05) is 54.5 Å². The van der Waals surface area contributed by atoms with Gasteiger partial charge in [0.1, 0.15) is 12.3 Å². The highest BCUT2D eigenvalue weighted by atomic mass is 16.5. The molecule has 0 bridgehead atoms. The summed E-state index contributed by atoms with van der Waals surface area (Å²) in [6.07, 6.45) is 1.68. The lowest BCUT2D eigenvalue weighted by Gasteiger charge is -2.14. The number of anilines is 1. The lowest BCUT2D eigenvalue weighted by molar-refractivity contribution is 0.143. The molecule has 0 spiro atoms. The van der Waals surface area contributed by atoms with Gasteiger partial charge in [0.2, 0.25) is 0 Å². The van der Waals surface area contributed by atoms with Crippen LogP contribution < -0.4 is 11.1 Å². The van der Waals surface area contributed by atoms with Gasteiger partial charge in [-0.2, -0.15) is 0 Å². The van der Waals surface area contributed by atoms with Crippen LogP contribution in [0.5, 0.6) is 0 Å². The van der Waals surface area contributed by atoms with E-state index < -0.39 is 6.09 Å². The maximum absolute atomic E-state index is 12.1. The summed E-state index contributed by atoms with van der Waals surface area (Å²) in [6, 6.07) is 18.4. The zero-order valence-corrected chi connectivity index (χ0v) is 16.8. The number of aromatic nitrogens is 1. The summed E-state index contributed by atoms with van der Waals surface area (Å²) in [4.78, 5) is 16.3. The van der Waals surface area contributed by atoms with Gasteiger partial charge in [0, 0.05) is 18.9 Å². The van der Waals surface area contributed by atoms with Crippen LogP contribution in [-0.4, -0.2) is 24.2 Å². The van der Waals surface area contributed by atoms with E-state index in [-0.39, 0.29) is 5.92 Å². The van der Waals surface area contributed by atoms with E-state index >= 15 is 0 Å². The second kappa shape index (κ2) is 8.71. The summed E-state index contributed by atoms with van der Waals surface area (Å²) < 4.78 is 5.51. The molecule has 1 amide bonds. The average molecular weight is 397 g/mol. The highest BCUT2D eigenvalue weighted by Crippen LogP contribution is 2.44. The molecule has 1 heterocycles. The van der Waals surface area contributed by atoms with Gasteiger partial charge in [-0.15, -0.1) is 0 Å². The molecule has 0 radical (unpaired) electrons. The van der Waals surface area contributed by atoms with Crippen molar-refractivity contribution in [1.82, 2.24) is 10.3 Å². The molecule has 0 aliphatic heterocycles. The molecule has 0 saturated heterocycles. The van der Waals surface area contributed by atoms with Crippen LogP contribution in [0.2, 0.25) is 0 Å². The number of hydrogen-bond acceptors (Lipinski definition) is 4. The number of pyridine rings is 1. The van der Waals surface area contributed by atoms with Crippen LogP contribution in [0.1, 0.15) is 34.7 Å². The van der Waals surface area contributed by atoms with Gasteiger partial charge in [-0.3, -0.25) is 0 Å². The lowest BCUT2D eigenvalue weighted by atomic mass is 9.98. The fourth-order valence-corrected chi connectivity index (χ4v) is 3.66. The minimum absolute atomic E-state index is 0.0581. The van der Waals surface area contributed by atoms with Crippen molar-refractivity contribution in [2.45, 2.75) is 19.3 Å². The Hall–Kier alpha value is -3.78. The Morgan fingerprint density at radius 2 is 1.80 bits per heavy atom. The predicted octanol–water partition coefficient (Wildman–Crippen LogP) is 4.25. The minimum Gasteiger partial charge on any atom is -0.449 e.